The van der Waals surface area contributed by atoms with Crippen LogP contribution in [0.5, 0.6) is 0 Å². The van der Waals surface area contributed by atoms with Gasteiger partial charge in [-0.15, -0.1) is 0 Å². The van der Waals surface area contributed by atoms with E-state index >= 15 is 0 Å². The number of nitrogens with one attached hydrogen (secondary N) is 1. The van der Waals surface area contributed by atoms with Gasteiger partial charge in [0.15, 0.2) is 0 Å². The molecule has 0 aromatic heterocycles. The number of hydrogen-bond acceptors (Lipinski definition) is 4. The summed E-state index contributed by atoms with van der Waals surface area (Å²) in [6, 6.07) is 0.368. The molecule has 21 heavy (non-hydrogen) atoms. The van der Waals surface area contributed by atoms with Gasteiger partial charge < -0.3 is 15.1 Å². The Bertz CT molecular complexity index is 367. The van der Waals surface area contributed by atoms with Crippen molar-refractivity contribution in [3.63, 3.8) is 0 Å². The van der Waals surface area contributed by atoms with Crippen LogP contribution in [0.25, 0.3) is 0 Å². The smallest absolute Gasteiger partial charge is 0.236 e. The zero-order valence-electron chi connectivity index (χ0n) is 13.3. The average Bonchev–Trinajstić information content (AvgIpc) is 2.83. The van der Waals surface area contributed by atoms with Crippen LogP contribution in [0.1, 0.15) is 25.7 Å². The highest BCUT2D eigenvalue weighted by atomic mass is 16.2. The van der Waals surface area contributed by atoms with Crippen molar-refractivity contribution >= 4 is 11.8 Å². The van der Waals surface area contributed by atoms with Gasteiger partial charge in [0, 0.05) is 52.7 Å². The summed E-state index contributed by atoms with van der Waals surface area (Å²) in [5, 5.41) is 3.38. The lowest BCUT2D eigenvalue weighted by Crippen LogP contribution is -2.40. The van der Waals surface area contributed by atoms with Crippen molar-refractivity contribution in [2.75, 3.05) is 53.4 Å². The van der Waals surface area contributed by atoms with Gasteiger partial charge in [-0.1, -0.05) is 0 Å². The van der Waals surface area contributed by atoms with E-state index < -0.39 is 0 Å². The maximum absolute atomic E-state index is 12.3. The molecule has 120 valence electrons. The van der Waals surface area contributed by atoms with Crippen LogP contribution in [0.4, 0.5) is 0 Å². The van der Waals surface area contributed by atoms with E-state index in [2.05, 4.69) is 10.2 Å². The van der Waals surface area contributed by atoms with Crippen molar-refractivity contribution in [1.29, 1.82) is 0 Å². The first-order chi connectivity index (χ1) is 10.1. The SMILES string of the molecule is CN(C)C(=O)CN1CCCN(C(=O)CC2CCCN2)CC1. The maximum Gasteiger partial charge on any atom is 0.236 e. The summed E-state index contributed by atoms with van der Waals surface area (Å²) < 4.78 is 0. The van der Waals surface area contributed by atoms with Gasteiger partial charge in [0.05, 0.1) is 6.54 Å². The average molecular weight is 296 g/mol. The molecule has 0 aromatic rings. The molecular formula is C15H28N4O2. The van der Waals surface area contributed by atoms with Gasteiger partial charge in [-0.3, -0.25) is 14.5 Å². The van der Waals surface area contributed by atoms with Crippen molar-refractivity contribution in [3.8, 4) is 0 Å². The summed E-state index contributed by atoms with van der Waals surface area (Å²) in [6.45, 7) is 4.75. The van der Waals surface area contributed by atoms with E-state index in [1.807, 2.05) is 4.90 Å². The minimum absolute atomic E-state index is 0.130. The fourth-order valence-corrected chi connectivity index (χ4v) is 2.98. The summed E-state index contributed by atoms with van der Waals surface area (Å²) in [5.41, 5.74) is 0. The molecule has 2 saturated heterocycles. The lowest BCUT2D eigenvalue weighted by Gasteiger charge is -2.23. The Kier molecular flexibility index (Phi) is 5.99. The topological polar surface area (TPSA) is 55.9 Å². The monoisotopic (exact) mass is 296 g/mol. The number of hydrogen-bond donors (Lipinski definition) is 1. The first-order valence-corrected chi connectivity index (χ1v) is 8.00. The van der Waals surface area contributed by atoms with E-state index in [0.717, 1.165) is 45.6 Å². The molecule has 0 saturated carbocycles. The molecule has 0 spiro atoms. The number of carbonyl (C=O) groups is 2. The molecule has 2 fully saturated rings. The minimum atomic E-state index is 0.130. The van der Waals surface area contributed by atoms with Crippen molar-refractivity contribution < 1.29 is 9.59 Å². The number of carbonyl (C=O) groups excluding carboxylic acids is 2. The first kappa shape index (κ1) is 16.2. The number of likely N-dealkylation sites (N-methyl/N-ethyl adjacent to an activating group) is 1. The molecule has 6 nitrogen and oxygen atoms in total. The van der Waals surface area contributed by atoms with E-state index in [0.29, 0.717) is 19.0 Å². The Morgan fingerprint density at radius 1 is 1.14 bits per heavy atom. The van der Waals surface area contributed by atoms with Crippen molar-refractivity contribution in [2.45, 2.75) is 31.7 Å². The molecule has 2 aliphatic rings. The molecule has 2 heterocycles. The van der Waals surface area contributed by atoms with Gasteiger partial charge in [0.25, 0.3) is 0 Å². The van der Waals surface area contributed by atoms with E-state index in [1.165, 1.54) is 6.42 Å². The van der Waals surface area contributed by atoms with Crippen molar-refractivity contribution in [3.05, 3.63) is 0 Å². The molecule has 0 bridgehead atoms. The molecule has 0 radical (unpaired) electrons. The highest BCUT2D eigenvalue weighted by Crippen LogP contribution is 2.12. The second-order valence-corrected chi connectivity index (χ2v) is 6.30. The Hall–Kier alpha value is -1.14. The Labute approximate surface area is 127 Å². The van der Waals surface area contributed by atoms with Crippen molar-refractivity contribution in [2.24, 2.45) is 0 Å². The molecule has 1 atom stereocenters. The van der Waals surface area contributed by atoms with Gasteiger partial charge in [-0.25, -0.2) is 0 Å². The Morgan fingerprint density at radius 2 is 1.95 bits per heavy atom. The summed E-state index contributed by atoms with van der Waals surface area (Å²) >= 11 is 0. The fourth-order valence-electron chi connectivity index (χ4n) is 2.98. The van der Waals surface area contributed by atoms with Gasteiger partial charge in [-0.05, 0) is 25.8 Å². The Balaban J connectivity index is 1.77. The van der Waals surface area contributed by atoms with Crippen LogP contribution in [0, 0.1) is 0 Å². The fraction of sp³-hybridized carbons (Fsp3) is 0.867. The zero-order chi connectivity index (χ0) is 15.2. The van der Waals surface area contributed by atoms with Gasteiger partial charge in [0.1, 0.15) is 0 Å². The summed E-state index contributed by atoms with van der Waals surface area (Å²) in [6.07, 6.45) is 3.86. The number of rotatable bonds is 4. The Morgan fingerprint density at radius 3 is 2.62 bits per heavy atom. The molecule has 2 aliphatic heterocycles. The lowest BCUT2D eigenvalue weighted by atomic mass is 10.1. The van der Waals surface area contributed by atoms with Gasteiger partial charge in [0.2, 0.25) is 11.8 Å². The summed E-state index contributed by atoms with van der Waals surface area (Å²) in [5.74, 6) is 0.389. The van der Waals surface area contributed by atoms with Gasteiger partial charge >= 0.3 is 0 Å². The standard InChI is InChI=1S/C15H28N4O2/c1-17(2)15(21)12-18-7-4-8-19(10-9-18)14(20)11-13-5-3-6-16-13/h13,16H,3-12H2,1-2H3. The molecule has 0 aromatic carbocycles. The highest BCUT2D eigenvalue weighted by molar-refractivity contribution is 5.78. The second-order valence-electron chi connectivity index (χ2n) is 6.30. The largest absolute Gasteiger partial charge is 0.348 e. The minimum Gasteiger partial charge on any atom is -0.348 e. The predicted octanol–water partition coefficient (Wildman–Crippen LogP) is -0.249. The van der Waals surface area contributed by atoms with Crippen LogP contribution in [0.15, 0.2) is 0 Å². The third-order valence-electron chi connectivity index (χ3n) is 4.38. The van der Waals surface area contributed by atoms with E-state index in [-0.39, 0.29) is 11.8 Å². The van der Waals surface area contributed by atoms with Crippen molar-refractivity contribution in [1.82, 2.24) is 20.0 Å². The van der Waals surface area contributed by atoms with E-state index in [1.54, 1.807) is 19.0 Å². The third kappa shape index (κ3) is 4.97. The molecular weight excluding hydrogens is 268 g/mol. The van der Waals surface area contributed by atoms with Crippen LogP contribution in [-0.4, -0.2) is 85.9 Å². The molecule has 0 aliphatic carbocycles. The molecule has 1 unspecified atom stereocenters. The van der Waals surface area contributed by atoms with Crippen LogP contribution < -0.4 is 5.32 Å². The van der Waals surface area contributed by atoms with Crippen LogP contribution in [-0.2, 0) is 9.59 Å². The normalized spacial score (nSPS) is 23.9. The highest BCUT2D eigenvalue weighted by Gasteiger charge is 2.24. The molecule has 6 heteroatoms. The van der Waals surface area contributed by atoms with E-state index in [4.69, 9.17) is 0 Å². The summed E-state index contributed by atoms with van der Waals surface area (Å²) in [7, 11) is 3.56. The lowest BCUT2D eigenvalue weighted by molar-refractivity contribution is -0.131. The zero-order valence-corrected chi connectivity index (χ0v) is 13.3. The number of amides is 2. The molecule has 2 amide bonds. The van der Waals surface area contributed by atoms with Crippen LogP contribution in [0.3, 0.4) is 0 Å². The first-order valence-electron chi connectivity index (χ1n) is 8.00. The van der Waals surface area contributed by atoms with Crippen LogP contribution in [0.2, 0.25) is 0 Å². The molecule has 1 N–H and O–H groups in total. The number of nitrogens with zero attached hydrogens (tertiary/aromatic N) is 3. The quantitative estimate of drug-likeness (QED) is 0.777. The van der Waals surface area contributed by atoms with Gasteiger partial charge in [-0.2, -0.15) is 0 Å². The predicted molar refractivity (Wildman–Crippen MR) is 82.0 cm³/mol. The molecule has 2 rings (SSSR count). The maximum atomic E-state index is 12.3. The van der Waals surface area contributed by atoms with E-state index in [9.17, 15) is 9.59 Å². The third-order valence-corrected chi connectivity index (χ3v) is 4.38. The summed E-state index contributed by atoms with van der Waals surface area (Å²) in [4.78, 5) is 29.9. The van der Waals surface area contributed by atoms with Crippen LogP contribution >= 0.6 is 0 Å². The second kappa shape index (κ2) is 7.75.